The Balaban J connectivity index is 1.43. The van der Waals surface area contributed by atoms with Gasteiger partial charge in [0.15, 0.2) is 5.65 Å². The highest BCUT2D eigenvalue weighted by Crippen LogP contribution is 2.31. The molecule has 5 aromatic heterocycles. The van der Waals surface area contributed by atoms with E-state index in [2.05, 4.69) is 30.5 Å². The van der Waals surface area contributed by atoms with E-state index in [1.165, 1.54) is 22.1 Å². The lowest BCUT2D eigenvalue weighted by Crippen LogP contribution is -2.24. The maximum Gasteiger partial charge on any atom is 0.291 e. The molecule has 0 aliphatic heterocycles. The zero-order chi connectivity index (χ0) is 21.1. The van der Waals surface area contributed by atoms with Gasteiger partial charge >= 0.3 is 0 Å². The van der Waals surface area contributed by atoms with Gasteiger partial charge in [-0.25, -0.2) is 9.67 Å². The smallest absolute Gasteiger partial charge is 0.291 e. The minimum absolute atomic E-state index is 0.178. The highest BCUT2D eigenvalue weighted by atomic mass is 32.1. The van der Waals surface area contributed by atoms with E-state index < -0.39 is 5.95 Å². The van der Waals surface area contributed by atoms with Gasteiger partial charge < -0.3 is 4.57 Å². The lowest BCUT2D eigenvalue weighted by Gasteiger charge is -2.07. The Morgan fingerprint density at radius 3 is 2.94 bits per heavy atom. The fraction of sp³-hybridized carbons (Fsp3) is 0.150. The van der Waals surface area contributed by atoms with Crippen LogP contribution in [0, 0.1) is 5.95 Å². The van der Waals surface area contributed by atoms with E-state index in [1.54, 1.807) is 17.0 Å². The second-order valence-electron chi connectivity index (χ2n) is 7.33. The van der Waals surface area contributed by atoms with Crippen molar-refractivity contribution in [2.75, 3.05) is 0 Å². The Labute approximate surface area is 177 Å². The summed E-state index contributed by atoms with van der Waals surface area (Å²) >= 11 is 1.47. The van der Waals surface area contributed by atoms with Gasteiger partial charge in [-0.2, -0.15) is 14.6 Å². The molecule has 0 bridgehead atoms. The number of hydrogen-bond donors (Lipinski definition) is 2. The number of thiazole rings is 1. The number of aromatic amines is 2. The van der Waals surface area contributed by atoms with E-state index in [9.17, 15) is 9.18 Å². The quantitative estimate of drug-likeness (QED) is 0.443. The van der Waals surface area contributed by atoms with E-state index >= 15 is 0 Å². The summed E-state index contributed by atoms with van der Waals surface area (Å²) in [7, 11) is 1.83. The molecule has 0 aliphatic carbocycles. The van der Waals surface area contributed by atoms with Crippen LogP contribution in [0.15, 0.2) is 41.5 Å². The number of aryl methyl sites for hydroxylation is 1. The Hall–Kier alpha value is -3.86. The van der Waals surface area contributed by atoms with Crippen molar-refractivity contribution in [1.82, 2.24) is 39.7 Å². The van der Waals surface area contributed by atoms with Gasteiger partial charge in [-0.15, -0.1) is 16.4 Å². The number of benzene rings is 1. The highest BCUT2D eigenvalue weighted by molar-refractivity contribution is 7.19. The molecule has 5 heterocycles. The summed E-state index contributed by atoms with van der Waals surface area (Å²) in [4.78, 5) is 17.9. The molecule has 31 heavy (non-hydrogen) atoms. The minimum Gasteiger partial charge on any atom is -0.323 e. The van der Waals surface area contributed by atoms with Crippen LogP contribution in [0.2, 0.25) is 0 Å². The second kappa shape index (κ2) is 6.57. The first-order chi connectivity index (χ1) is 15.1. The third-order valence-corrected chi connectivity index (χ3v) is 6.48. The van der Waals surface area contributed by atoms with E-state index in [-0.39, 0.29) is 5.56 Å². The average Bonchev–Trinajstić information content (AvgIpc) is 3.52. The predicted octanol–water partition coefficient (Wildman–Crippen LogP) is 2.72. The Kier molecular flexibility index (Phi) is 3.81. The van der Waals surface area contributed by atoms with E-state index in [0.717, 1.165) is 31.6 Å². The van der Waals surface area contributed by atoms with Gasteiger partial charge in [-0.1, -0.05) is 12.1 Å². The first kappa shape index (κ1) is 18.0. The fourth-order valence-electron chi connectivity index (χ4n) is 3.94. The molecule has 0 atom stereocenters. The molecule has 6 rings (SSSR count). The molecular weight excluding hydrogens is 419 g/mol. The van der Waals surface area contributed by atoms with Gasteiger partial charge in [-0.3, -0.25) is 15.0 Å². The van der Waals surface area contributed by atoms with Crippen LogP contribution in [-0.4, -0.2) is 39.7 Å². The largest absolute Gasteiger partial charge is 0.323 e. The van der Waals surface area contributed by atoms with Crippen molar-refractivity contribution in [2.24, 2.45) is 7.05 Å². The fourth-order valence-corrected chi connectivity index (χ4v) is 5.07. The summed E-state index contributed by atoms with van der Waals surface area (Å²) in [5.74, 6) is -0.544. The summed E-state index contributed by atoms with van der Waals surface area (Å²) in [6.45, 7) is 0.342. The van der Waals surface area contributed by atoms with Crippen LogP contribution in [0.5, 0.6) is 0 Å². The summed E-state index contributed by atoms with van der Waals surface area (Å²) in [6.07, 6.45) is 3.91. The van der Waals surface area contributed by atoms with Crippen LogP contribution < -0.4 is 5.56 Å². The average molecular weight is 434 g/mol. The second-order valence-corrected chi connectivity index (χ2v) is 8.41. The predicted molar refractivity (Wildman–Crippen MR) is 115 cm³/mol. The molecule has 9 nitrogen and oxygen atoms in total. The molecule has 1 aromatic carbocycles. The van der Waals surface area contributed by atoms with Gasteiger partial charge in [0.1, 0.15) is 10.5 Å². The van der Waals surface area contributed by atoms with Crippen LogP contribution >= 0.6 is 11.3 Å². The number of nitrogens with one attached hydrogen (secondary N) is 2. The van der Waals surface area contributed by atoms with Crippen molar-refractivity contribution in [1.29, 1.82) is 0 Å². The zero-order valence-electron chi connectivity index (χ0n) is 16.3. The molecule has 0 radical (unpaired) electrons. The van der Waals surface area contributed by atoms with E-state index in [4.69, 9.17) is 0 Å². The first-order valence-corrected chi connectivity index (χ1v) is 10.3. The Bertz CT molecular complexity index is 1650. The molecule has 0 aliphatic rings. The summed E-state index contributed by atoms with van der Waals surface area (Å²) in [6, 6.07) is 7.18. The standard InChI is InChI=1S/C20H15FN8OS/c1-28-17-13(18-19(28)24-16(31-18)6-11-5-15(21)27-25-11)8-23-29(20(17)30)9-10-3-2-4-14-12(10)7-22-26-14/h2-5,7-8H,6,9H2,1H3,(H,22,26)(H,25,27). The van der Waals surface area contributed by atoms with Crippen molar-refractivity contribution in [3.05, 3.63) is 69.2 Å². The number of aromatic nitrogens is 8. The lowest BCUT2D eigenvalue weighted by molar-refractivity contribution is 0.579. The number of rotatable bonds is 4. The zero-order valence-corrected chi connectivity index (χ0v) is 17.1. The molecule has 0 unspecified atom stereocenters. The van der Waals surface area contributed by atoms with Crippen molar-refractivity contribution in [3.63, 3.8) is 0 Å². The summed E-state index contributed by atoms with van der Waals surface area (Å²) < 4.78 is 17.3. The van der Waals surface area contributed by atoms with Crippen LogP contribution in [0.25, 0.3) is 32.2 Å². The van der Waals surface area contributed by atoms with Crippen molar-refractivity contribution >= 4 is 43.5 Å². The number of halogens is 1. The third-order valence-electron chi connectivity index (χ3n) is 5.41. The molecular formula is C20H15FN8OS. The first-order valence-electron chi connectivity index (χ1n) is 9.53. The van der Waals surface area contributed by atoms with Gasteiger partial charge in [0.25, 0.3) is 5.56 Å². The molecule has 2 N–H and O–H groups in total. The molecule has 0 saturated heterocycles. The molecule has 0 saturated carbocycles. The number of H-pyrrole nitrogens is 2. The topological polar surface area (TPSA) is 110 Å². The van der Waals surface area contributed by atoms with Gasteiger partial charge in [0.05, 0.1) is 29.2 Å². The summed E-state index contributed by atoms with van der Waals surface area (Å²) in [5, 5.41) is 20.2. The molecule has 6 aromatic rings. The normalized spacial score (nSPS) is 11.9. The van der Waals surface area contributed by atoms with Crippen molar-refractivity contribution in [3.8, 4) is 0 Å². The van der Waals surface area contributed by atoms with E-state index in [0.29, 0.717) is 29.8 Å². The Morgan fingerprint density at radius 1 is 1.19 bits per heavy atom. The highest BCUT2D eigenvalue weighted by Gasteiger charge is 2.19. The Morgan fingerprint density at radius 2 is 2.10 bits per heavy atom. The van der Waals surface area contributed by atoms with Gasteiger partial charge in [0, 0.05) is 36.0 Å². The monoisotopic (exact) mass is 434 g/mol. The number of hydrogen-bond acceptors (Lipinski definition) is 6. The van der Waals surface area contributed by atoms with Crippen molar-refractivity contribution < 1.29 is 4.39 Å². The lowest BCUT2D eigenvalue weighted by atomic mass is 10.1. The molecule has 0 spiro atoms. The minimum atomic E-state index is -0.544. The molecule has 154 valence electrons. The van der Waals surface area contributed by atoms with Crippen molar-refractivity contribution in [2.45, 2.75) is 13.0 Å². The van der Waals surface area contributed by atoms with Gasteiger partial charge in [0.2, 0.25) is 5.95 Å². The van der Waals surface area contributed by atoms with Crippen LogP contribution in [0.4, 0.5) is 4.39 Å². The van der Waals surface area contributed by atoms with Crippen LogP contribution in [0.1, 0.15) is 16.3 Å². The molecule has 0 amide bonds. The SMILES string of the molecule is Cn1c2nc(Cc3cc(F)n[nH]3)sc2c2cnn(Cc3cccc4[nH]ncc34)c(=O)c21. The maximum absolute atomic E-state index is 13.3. The number of nitrogens with zero attached hydrogens (tertiary/aromatic N) is 6. The van der Waals surface area contributed by atoms with E-state index in [1.807, 2.05) is 25.2 Å². The van der Waals surface area contributed by atoms with Crippen LogP contribution in [0.3, 0.4) is 0 Å². The molecule has 0 fully saturated rings. The van der Waals surface area contributed by atoms with Gasteiger partial charge in [-0.05, 0) is 11.6 Å². The third kappa shape index (κ3) is 2.77. The molecule has 11 heteroatoms. The summed E-state index contributed by atoms with van der Waals surface area (Å²) in [5.41, 5.74) is 3.62. The van der Waals surface area contributed by atoms with Crippen LogP contribution in [-0.2, 0) is 20.0 Å². The number of fused-ring (bicyclic) bond motifs is 4. The maximum atomic E-state index is 13.3.